The van der Waals surface area contributed by atoms with Crippen LogP contribution in [0.15, 0.2) is 39.4 Å². The van der Waals surface area contributed by atoms with Gasteiger partial charge in [-0.15, -0.1) is 0 Å². The van der Waals surface area contributed by atoms with Crippen LogP contribution >= 0.6 is 0 Å². The number of anilines is 3. The zero-order valence-corrected chi connectivity index (χ0v) is 19.9. The molecule has 1 amide bonds. The highest BCUT2D eigenvalue weighted by molar-refractivity contribution is 5.98. The molecule has 0 radical (unpaired) electrons. The third kappa shape index (κ3) is 4.49. The zero-order chi connectivity index (χ0) is 24.6. The van der Waals surface area contributed by atoms with E-state index in [-0.39, 0.29) is 51.5 Å². The van der Waals surface area contributed by atoms with Crippen molar-refractivity contribution in [3.63, 3.8) is 0 Å². The molecular weight excluding hydrogens is 438 g/mol. The summed E-state index contributed by atoms with van der Waals surface area (Å²) in [4.78, 5) is 22.8. The molecular formula is C23H27N7O4. The first kappa shape index (κ1) is 23.0. The SMILES string of the molecule is Cc1ccc([C@H](Nc2nc3nonc3nc2Nc2cccc(C(=O)N(C)C)c2O)C(C)(C)C)o1. The van der Waals surface area contributed by atoms with Crippen LogP contribution in [0, 0.1) is 12.3 Å². The summed E-state index contributed by atoms with van der Waals surface area (Å²) in [5.41, 5.74) is 0.578. The molecule has 11 heteroatoms. The summed E-state index contributed by atoms with van der Waals surface area (Å²) in [5.74, 6) is 1.60. The van der Waals surface area contributed by atoms with Gasteiger partial charge >= 0.3 is 0 Å². The standard InChI is InChI=1S/C23H27N7O4/c1-12-10-11-15(33-12)17(23(2,3)4)25-19-18(26-20-21(27-19)29-34-28-20)24-14-9-7-8-13(16(14)31)22(32)30(5)6/h7-11,17,31H,1-6H3,(H,24,26,28)(H,25,27,29)/t17-/m0/s1. The summed E-state index contributed by atoms with van der Waals surface area (Å²) in [6, 6.07) is 8.39. The highest BCUT2D eigenvalue weighted by Crippen LogP contribution is 2.39. The number of hydrogen-bond acceptors (Lipinski definition) is 10. The lowest BCUT2D eigenvalue weighted by Crippen LogP contribution is -2.26. The van der Waals surface area contributed by atoms with Crippen LogP contribution in [0.1, 0.15) is 48.7 Å². The number of rotatable bonds is 6. The monoisotopic (exact) mass is 465 g/mol. The molecule has 3 aromatic heterocycles. The number of carbonyl (C=O) groups excluding carboxylic acids is 1. The van der Waals surface area contributed by atoms with Gasteiger partial charge in [-0.1, -0.05) is 26.8 Å². The third-order valence-corrected chi connectivity index (χ3v) is 5.23. The minimum absolute atomic E-state index is 0.153. The van der Waals surface area contributed by atoms with Crippen molar-refractivity contribution in [1.82, 2.24) is 25.2 Å². The van der Waals surface area contributed by atoms with Gasteiger partial charge in [0.2, 0.25) is 11.3 Å². The summed E-state index contributed by atoms with van der Waals surface area (Å²) < 4.78 is 10.7. The van der Waals surface area contributed by atoms with E-state index in [0.29, 0.717) is 5.82 Å². The van der Waals surface area contributed by atoms with Gasteiger partial charge in [0.25, 0.3) is 5.91 Å². The summed E-state index contributed by atoms with van der Waals surface area (Å²) in [6.07, 6.45) is 0. The smallest absolute Gasteiger partial charge is 0.257 e. The van der Waals surface area contributed by atoms with Gasteiger partial charge in [-0.25, -0.2) is 14.6 Å². The number of furan rings is 1. The van der Waals surface area contributed by atoms with Gasteiger partial charge in [0.05, 0.1) is 17.3 Å². The molecule has 4 rings (SSSR count). The molecule has 3 N–H and O–H groups in total. The highest BCUT2D eigenvalue weighted by atomic mass is 16.6. The molecule has 0 spiro atoms. The van der Waals surface area contributed by atoms with Crippen LogP contribution in [0.3, 0.4) is 0 Å². The number of phenolic OH excluding ortho intramolecular Hbond substituents is 1. The number of aromatic nitrogens is 4. The largest absolute Gasteiger partial charge is 0.505 e. The molecule has 0 saturated carbocycles. The number of aryl methyl sites for hydroxylation is 1. The number of fused-ring (bicyclic) bond motifs is 1. The van der Waals surface area contributed by atoms with Gasteiger partial charge < -0.3 is 25.1 Å². The maximum absolute atomic E-state index is 12.4. The van der Waals surface area contributed by atoms with Crippen molar-refractivity contribution in [1.29, 1.82) is 0 Å². The lowest BCUT2D eigenvalue weighted by atomic mass is 9.85. The number of carbonyl (C=O) groups is 1. The zero-order valence-electron chi connectivity index (χ0n) is 19.9. The summed E-state index contributed by atoms with van der Waals surface area (Å²) in [6.45, 7) is 8.10. The fourth-order valence-corrected chi connectivity index (χ4v) is 3.47. The Labute approximate surface area is 196 Å². The maximum Gasteiger partial charge on any atom is 0.257 e. The van der Waals surface area contributed by atoms with Gasteiger partial charge in [-0.05, 0) is 46.9 Å². The molecule has 0 saturated heterocycles. The van der Waals surface area contributed by atoms with Crippen LogP contribution < -0.4 is 10.6 Å². The molecule has 0 aliphatic rings. The first-order chi connectivity index (χ1) is 16.0. The fourth-order valence-electron chi connectivity index (χ4n) is 3.47. The van der Waals surface area contributed by atoms with E-state index in [9.17, 15) is 9.90 Å². The fraction of sp³-hybridized carbons (Fsp3) is 0.348. The molecule has 34 heavy (non-hydrogen) atoms. The van der Waals surface area contributed by atoms with Crippen LogP contribution in [0.4, 0.5) is 17.3 Å². The van der Waals surface area contributed by atoms with E-state index in [4.69, 9.17) is 9.05 Å². The minimum atomic E-state index is -0.331. The predicted octanol–water partition coefficient (Wildman–Crippen LogP) is 4.26. The molecule has 0 aliphatic heterocycles. The van der Waals surface area contributed by atoms with Crippen LogP contribution in [-0.4, -0.2) is 50.3 Å². The van der Waals surface area contributed by atoms with E-state index in [1.54, 1.807) is 32.3 Å². The maximum atomic E-state index is 12.4. The van der Waals surface area contributed by atoms with Gasteiger partial charge in [0.1, 0.15) is 11.5 Å². The predicted molar refractivity (Wildman–Crippen MR) is 126 cm³/mol. The number of phenols is 1. The molecule has 1 atom stereocenters. The van der Waals surface area contributed by atoms with Gasteiger partial charge in [-0.3, -0.25) is 4.79 Å². The Hall–Kier alpha value is -4.15. The Morgan fingerprint density at radius 2 is 1.74 bits per heavy atom. The summed E-state index contributed by atoms with van der Waals surface area (Å²) in [5, 5.41) is 24.8. The van der Waals surface area contributed by atoms with E-state index in [1.807, 2.05) is 19.1 Å². The number of benzene rings is 1. The molecule has 1 aromatic carbocycles. The number of aromatic hydroxyl groups is 1. The van der Waals surface area contributed by atoms with Gasteiger partial charge in [0.15, 0.2) is 17.4 Å². The molecule has 11 nitrogen and oxygen atoms in total. The second kappa shape index (κ2) is 8.65. The van der Waals surface area contributed by atoms with Gasteiger partial charge in [-0.2, -0.15) is 0 Å². The Morgan fingerprint density at radius 1 is 1.06 bits per heavy atom. The van der Waals surface area contributed by atoms with E-state index < -0.39 is 0 Å². The average Bonchev–Trinajstić information content (AvgIpc) is 3.40. The van der Waals surface area contributed by atoms with Crippen molar-refractivity contribution in [2.75, 3.05) is 24.7 Å². The third-order valence-electron chi connectivity index (χ3n) is 5.23. The average molecular weight is 466 g/mol. The van der Waals surface area contributed by atoms with Gasteiger partial charge in [0, 0.05) is 14.1 Å². The quantitative estimate of drug-likeness (QED) is 0.353. The lowest BCUT2D eigenvalue weighted by Gasteiger charge is -2.30. The second-order valence-electron chi connectivity index (χ2n) is 9.25. The molecule has 0 bridgehead atoms. The molecule has 0 fully saturated rings. The Kier molecular flexibility index (Phi) is 5.86. The Bertz CT molecular complexity index is 1340. The number of para-hydroxylation sites is 1. The highest BCUT2D eigenvalue weighted by Gasteiger charge is 2.31. The Morgan fingerprint density at radius 3 is 2.32 bits per heavy atom. The van der Waals surface area contributed by atoms with Crippen LogP contribution in [0.25, 0.3) is 11.3 Å². The number of nitrogens with zero attached hydrogens (tertiary/aromatic N) is 5. The van der Waals surface area contributed by atoms with E-state index in [1.165, 1.54) is 4.90 Å². The topological polar surface area (TPSA) is 142 Å². The first-order valence-corrected chi connectivity index (χ1v) is 10.7. The number of hydrogen-bond donors (Lipinski definition) is 3. The van der Waals surface area contributed by atoms with Crippen molar-refractivity contribution in [3.05, 3.63) is 47.4 Å². The van der Waals surface area contributed by atoms with Crippen LogP contribution in [0.5, 0.6) is 5.75 Å². The van der Waals surface area contributed by atoms with Crippen molar-refractivity contribution >= 4 is 34.5 Å². The minimum Gasteiger partial charge on any atom is -0.505 e. The molecule has 4 aromatic rings. The molecule has 0 aliphatic carbocycles. The van der Waals surface area contributed by atoms with Crippen LogP contribution in [0.2, 0.25) is 0 Å². The Balaban J connectivity index is 1.77. The second-order valence-corrected chi connectivity index (χ2v) is 9.25. The van der Waals surface area contributed by atoms with Crippen molar-refractivity contribution in [2.24, 2.45) is 5.41 Å². The van der Waals surface area contributed by atoms with E-state index in [0.717, 1.165) is 11.5 Å². The molecule has 178 valence electrons. The number of amides is 1. The first-order valence-electron chi connectivity index (χ1n) is 10.7. The number of nitrogens with one attached hydrogen (secondary N) is 2. The van der Waals surface area contributed by atoms with Crippen molar-refractivity contribution in [3.8, 4) is 5.75 Å². The molecule has 3 heterocycles. The van der Waals surface area contributed by atoms with E-state index >= 15 is 0 Å². The summed E-state index contributed by atoms with van der Waals surface area (Å²) >= 11 is 0. The van der Waals surface area contributed by atoms with E-state index in [2.05, 4.69) is 51.7 Å². The molecule has 0 unspecified atom stereocenters. The normalized spacial score (nSPS) is 12.5. The van der Waals surface area contributed by atoms with Crippen molar-refractivity contribution in [2.45, 2.75) is 33.7 Å². The summed E-state index contributed by atoms with van der Waals surface area (Å²) in [7, 11) is 3.23. The van der Waals surface area contributed by atoms with Crippen LogP contribution in [-0.2, 0) is 0 Å². The van der Waals surface area contributed by atoms with Crippen molar-refractivity contribution < 1.29 is 18.9 Å². The lowest BCUT2D eigenvalue weighted by molar-refractivity contribution is 0.0824.